The first kappa shape index (κ1) is 48.7. The minimum atomic E-state index is -5.75. The molecule has 2 fully saturated rings. The average Bonchev–Trinajstić information content (AvgIpc) is 3.95. The molecule has 6 aromatic carbocycles. The Hall–Kier alpha value is -7.22. The van der Waals surface area contributed by atoms with Gasteiger partial charge in [0.1, 0.15) is 23.0 Å². The van der Waals surface area contributed by atoms with Gasteiger partial charge in [0.05, 0.1) is 25.3 Å². The summed E-state index contributed by atoms with van der Waals surface area (Å²) >= 11 is 0. The molecule has 0 radical (unpaired) electrons. The number of alkyl halides is 6. The van der Waals surface area contributed by atoms with Gasteiger partial charge in [-0.3, -0.25) is 9.59 Å². The van der Waals surface area contributed by atoms with E-state index in [1.807, 2.05) is 24.3 Å². The predicted molar refractivity (Wildman–Crippen MR) is 241 cm³/mol. The van der Waals surface area contributed by atoms with E-state index >= 15 is 0 Å². The number of fused-ring (bicyclic) bond motifs is 2. The van der Waals surface area contributed by atoms with Gasteiger partial charge in [0.15, 0.2) is 11.6 Å². The third-order valence-corrected chi connectivity index (χ3v) is 12.9. The van der Waals surface area contributed by atoms with Gasteiger partial charge in [-0.15, -0.1) is 0 Å². The minimum absolute atomic E-state index is 0.00640. The van der Waals surface area contributed by atoms with Crippen LogP contribution in [0.3, 0.4) is 0 Å². The molecule has 3 atom stereocenters. The zero-order valence-corrected chi connectivity index (χ0v) is 37.4. The maximum Gasteiger partial charge on any atom is 0.411 e. The van der Waals surface area contributed by atoms with E-state index in [0.717, 1.165) is 42.4 Å². The summed E-state index contributed by atoms with van der Waals surface area (Å²) in [5, 5.41) is 0. The van der Waals surface area contributed by atoms with Crippen LogP contribution in [0.1, 0.15) is 103 Å². The third-order valence-electron chi connectivity index (χ3n) is 12.9. The molecule has 2 aliphatic rings. The highest BCUT2D eigenvalue weighted by Gasteiger charge is 2.72. The lowest BCUT2D eigenvalue weighted by atomic mass is 9.64. The molecule has 0 N–H and O–H groups in total. The van der Waals surface area contributed by atoms with Crippen molar-refractivity contribution in [2.45, 2.75) is 62.7 Å². The fraction of sp³-hybridized carbons (Fsp3) is 0.259. The number of ketones is 2. The molecule has 6 aromatic rings. The lowest BCUT2D eigenvalue weighted by Crippen LogP contribution is -2.54. The highest BCUT2D eigenvalue weighted by Crippen LogP contribution is 2.60. The monoisotopic (exact) mass is 936 g/mol. The Bertz CT molecular complexity index is 2750. The Balaban J connectivity index is 0.000000201. The van der Waals surface area contributed by atoms with E-state index in [0.29, 0.717) is 52.6 Å². The van der Waals surface area contributed by atoms with Gasteiger partial charge in [-0.1, -0.05) is 79.2 Å². The van der Waals surface area contributed by atoms with E-state index in [-0.39, 0.29) is 34.0 Å². The van der Waals surface area contributed by atoms with Crippen LogP contribution < -0.4 is 18.9 Å². The SMILES string of the molecule is COc1ccc(C(c2ccc(OC(=O)c3ccc(C(C)=O)cc3)cc2)(C(F)(F)F)C(F)(F)F)cc1.COc1ccc(C2(c3ccc(OC(=O)c4cccc(C(C)=O)c4)cc3)CC3CCC2C3)cc1. The molecular weight excluding hydrogens is 891 g/mol. The maximum absolute atomic E-state index is 14.2. The molecule has 352 valence electrons. The number of halogens is 6. The number of ether oxygens (including phenoxy) is 4. The second-order valence-electron chi connectivity index (χ2n) is 16.9. The summed E-state index contributed by atoms with van der Waals surface area (Å²) in [6.45, 7) is 2.82. The van der Waals surface area contributed by atoms with Crippen LogP contribution in [0.5, 0.6) is 23.0 Å². The standard InChI is InChI=1S/C29H28O4.C25H18F6O4/c1-19(30)21-4-3-5-22(17-21)28(31)33-27-14-10-24(11-15-27)29(18-20-6-7-25(29)16-20)23-8-12-26(32-2)13-9-23;1-15(32)16-3-5-17(6-4-16)22(33)35-21-13-9-19(10-14-21)23(24(26,27)28,25(29,30)31)18-7-11-20(34-2)12-8-18/h3-5,8-15,17,20,25H,6-7,16,18H2,1-2H3;3-14H,1-2H3. The number of benzene rings is 6. The van der Waals surface area contributed by atoms with E-state index in [1.165, 1.54) is 75.6 Å². The second kappa shape index (κ2) is 19.6. The summed E-state index contributed by atoms with van der Waals surface area (Å²) in [6, 6.07) is 34.9. The van der Waals surface area contributed by atoms with Crippen molar-refractivity contribution < 1.29 is 64.5 Å². The van der Waals surface area contributed by atoms with Gasteiger partial charge >= 0.3 is 24.3 Å². The molecule has 68 heavy (non-hydrogen) atoms. The van der Waals surface area contributed by atoms with Crippen molar-refractivity contribution in [3.63, 3.8) is 0 Å². The first-order chi connectivity index (χ1) is 32.3. The second-order valence-corrected chi connectivity index (χ2v) is 16.9. The van der Waals surface area contributed by atoms with Crippen molar-refractivity contribution in [1.29, 1.82) is 0 Å². The first-order valence-corrected chi connectivity index (χ1v) is 21.6. The highest BCUT2D eigenvalue weighted by atomic mass is 19.4. The fourth-order valence-corrected chi connectivity index (χ4v) is 9.55. The number of rotatable bonds is 12. The normalized spacial score (nSPS) is 17.6. The van der Waals surface area contributed by atoms with Crippen LogP contribution in [0.4, 0.5) is 26.3 Å². The van der Waals surface area contributed by atoms with Gasteiger partial charge in [-0.2, -0.15) is 26.3 Å². The smallest absolute Gasteiger partial charge is 0.411 e. The predicted octanol–water partition coefficient (Wildman–Crippen LogP) is 12.8. The van der Waals surface area contributed by atoms with E-state index in [1.54, 1.807) is 31.4 Å². The highest BCUT2D eigenvalue weighted by molar-refractivity contribution is 5.98. The zero-order valence-electron chi connectivity index (χ0n) is 37.4. The van der Waals surface area contributed by atoms with Crippen LogP contribution in [0.25, 0.3) is 0 Å². The summed E-state index contributed by atoms with van der Waals surface area (Å²) < 4.78 is 106. The lowest BCUT2D eigenvalue weighted by molar-refractivity contribution is -0.288. The molecule has 3 unspecified atom stereocenters. The largest absolute Gasteiger partial charge is 0.497 e. The summed E-state index contributed by atoms with van der Waals surface area (Å²) in [5.74, 6) is 0.920. The summed E-state index contributed by atoms with van der Waals surface area (Å²) in [7, 11) is 2.92. The lowest BCUT2D eigenvalue weighted by Gasteiger charge is -2.39. The van der Waals surface area contributed by atoms with Crippen molar-refractivity contribution in [3.05, 3.63) is 190 Å². The number of hydrogen-bond donors (Lipinski definition) is 0. The molecule has 8 rings (SSSR count). The van der Waals surface area contributed by atoms with Crippen LogP contribution in [-0.2, 0) is 10.8 Å². The maximum atomic E-state index is 14.2. The number of Topliss-reactive ketones (excluding diaryl/α,β-unsaturated/α-hetero) is 2. The number of carbonyl (C=O) groups excluding carboxylic acids is 4. The Morgan fingerprint density at radius 1 is 0.500 bits per heavy atom. The zero-order chi connectivity index (χ0) is 49.0. The number of hydrogen-bond acceptors (Lipinski definition) is 8. The molecule has 0 aliphatic heterocycles. The molecule has 2 saturated carbocycles. The molecule has 2 aliphatic carbocycles. The van der Waals surface area contributed by atoms with Crippen molar-refractivity contribution >= 4 is 23.5 Å². The van der Waals surface area contributed by atoms with Crippen molar-refractivity contribution in [2.75, 3.05) is 14.2 Å². The number of carbonyl (C=O) groups is 4. The molecule has 8 nitrogen and oxygen atoms in total. The number of methoxy groups -OCH3 is 2. The molecule has 0 aromatic heterocycles. The summed E-state index contributed by atoms with van der Waals surface area (Å²) in [5.41, 5.74) is -2.63. The van der Waals surface area contributed by atoms with Gasteiger partial charge in [0.2, 0.25) is 5.41 Å². The van der Waals surface area contributed by atoms with Gasteiger partial charge in [-0.25, -0.2) is 9.59 Å². The van der Waals surface area contributed by atoms with Crippen molar-refractivity contribution in [1.82, 2.24) is 0 Å². The van der Waals surface area contributed by atoms with E-state index < -0.39 is 40.8 Å². The molecule has 0 heterocycles. The van der Waals surface area contributed by atoms with Crippen LogP contribution in [0.2, 0.25) is 0 Å². The fourth-order valence-electron chi connectivity index (χ4n) is 9.55. The third kappa shape index (κ3) is 9.63. The molecule has 0 amide bonds. The van der Waals surface area contributed by atoms with Gasteiger partial charge < -0.3 is 18.9 Å². The Kier molecular flexibility index (Phi) is 14.0. The molecular formula is C54H46F6O8. The Labute approximate surface area is 388 Å². The van der Waals surface area contributed by atoms with Gasteiger partial charge in [0.25, 0.3) is 0 Å². The van der Waals surface area contributed by atoms with Gasteiger partial charge in [-0.05, 0) is 140 Å². The molecule has 2 bridgehead atoms. The van der Waals surface area contributed by atoms with Crippen LogP contribution in [-0.4, -0.2) is 50.1 Å². The van der Waals surface area contributed by atoms with E-state index in [2.05, 4.69) is 24.3 Å². The van der Waals surface area contributed by atoms with Crippen LogP contribution in [0, 0.1) is 11.8 Å². The molecule has 0 spiro atoms. The van der Waals surface area contributed by atoms with Crippen LogP contribution in [0.15, 0.2) is 146 Å². The van der Waals surface area contributed by atoms with Crippen molar-refractivity contribution in [3.8, 4) is 23.0 Å². The Morgan fingerprint density at radius 2 is 0.912 bits per heavy atom. The average molecular weight is 937 g/mol. The molecule has 0 saturated heterocycles. The van der Waals surface area contributed by atoms with E-state index in [9.17, 15) is 45.5 Å². The minimum Gasteiger partial charge on any atom is -0.497 e. The van der Waals surface area contributed by atoms with E-state index in [4.69, 9.17) is 18.9 Å². The topological polar surface area (TPSA) is 105 Å². The molecule has 14 heteroatoms. The Morgan fingerprint density at radius 3 is 1.32 bits per heavy atom. The summed E-state index contributed by atoms with van der Waals surface area (Å²) in [6.07, 6.45) is -6.51. The van der Waals surface area contributed by atoms with Gasteiger partial charge in [0, 0.05) is 16.5 Å². The number of esters is 2. The van der Waals surface area contributed by atoms with Crippen molar-refractivity contribution in [2.24, 2.45) is 11.8 Å². The quantitative estimate of drug-likeness (QED) is 0.0517. The van der Waals surface area contributed by atoms with Crippen LogP contribution >= 0.6 is 0 Å². The first-order valence-electron chi connectivity index (χ1n) is 21.6. The summed E-state index contributed by atoms with van der Waals surface area (Å²) in [4.78, 5) is 47.9.